The van der Waals surface area contributed by atoms with Crippen LogP contribution in [0.3, 0.4) is 0 Å². The smallest absolute Gasteiger partial charge is 0.320 e. The minimum absolute atomic E-state index is 0.0300. The van der Waals surface area contributed by atoms with Gasteiger partial charge in [0.25, 0.3) is 6.43 Å². The summed E-state index contributed by atoms with van der Waals surface area (Å²) in [6.45, 7) is 0.659. The first-order valence-electron chi connectivity index (χ1n) is 12.1. The van der Waals surface area contributed by atoms with Gasteiger partial charge in [-0.05, 0) is 48.9 Å². The second-order valence-corrected chi connectivity index (χ2v) is 9.42. The molecular formula is C26H30F2N6O2. The summed E-state index contributed by atoms with van der Waals surface area (Å²) in [6, 6.07) is 7.05. The number of carbonyl (C=O) groups excluding carboxylic acids is 1. The van der Waals surface area contributed by atoms with Crippen molar-refractivity contribution in [1.82, 2.24) is 20.1 Å². The fourth-order valence-electron chi connectivity index (χ4n) is 5.43. The van der Waals surface area contributed by atoms with Gasteiger partial charge in [-0.2, -0.15) is 5.10 Å². The monoisotopic (exact) mass is 496 g/mol. The summed E-state index contributed by atoms with van der Waals surface area (Å²) < 4.78 is 35.5. The molecule has 0 bridgehead atoms. The predicted octanol–water partition coefficient (Wildman–Crippen LogP) is 4.88. The number of carbonyl (C=O) groups is 1. The first-order valence-corrected chi connectivity index (χ1v) is 12.1. The molecule has 0 saturated carbocycles. The summed E-state index contributed by atoms with van der Waals surface area (Å²) in [5, 5.41) is 9.42. The van der Waals surface area contributed by atoms with Crippen molar-refractivity contribution in [2.24, 2.45) is 7.05 Å². The number of hydrogen-bond acceptors (Lipinski definition) is 5. The molecule has 2 aromatic heterocycles. The Kier molecular flexibility index (Phi) is 6.51. The highest BCUT2D eigenvalue weighted by atomic mass is 19.3. The van der Waals surface area contributed by atoms with Crippen molar-refractivity contribution in [3.63, 3.8) is 0 Å². The molecule has 190 valence electrons. The molecule has 36 heavy (non-hydrogen) atoms. The van der Waals surface area contributed by atoms with Gasteiger partial charge in [0.05, 0.1) is 19.0 Å². The number of halogens is 2. The van der Waals surface area contributed by atoms with Gasteiger partial charge in [0.1, 0.15) is 11.6 Å². The summed E-state index contributed by atoms with van der Waals surface area (Å²) in [4.78, 5) is 18.8. The van der Waals surface area contributed by atoms with Gasteiger partial charge in [-0.15, -0.1) is 0 Å². The zero-order valence-electron chi connectivity index (χ0n) is 20.6. The SMILES string of the molecule is CNC(=O)Nc1cc(OC)cc(C2CC3CCCc4cc(-c5cnn(C)c5)c(C(F)F)cc4N3C2)n1. The van der Waals surface area contributed by atoms with Crippen molar-refractivity contribution in [3.05, 3.63) is 53.5 Å². The van der Waals surface area contributed by atoms with Crippen molar-refractivity contribution in [3.8, 4) is 16.9 Å². The second-order valence-electron chi connectivity index (χ2n) is 9.42. The molecular weight excluding hydrogens is 466 g/mol. The van der Waals surface area contributed by atoms with Gasteiger partial charge < -0.3 is 15.0 Å². The topological polar surface area (TPSA) is 84.3 Å². The lowest BCUT2D eigenvalue weighted by Crippen LogP contribution is -2.28. The maximum absolute atomic E-state index is 14.2. The molecule has 2 amide bonds. The number of nitrogens with one attached hydrogen (secondary N) is 2. The zero-order valence-corrected chi connectivity index (χ0v) is 20.6. The first kappa shape index (κ1) is 24.0. The van der Waals surface area contributed by atoms with Gasteiger partial charge in [-0.25, -0.2) is 18.6 Å². The van der Waals surface area contributed by atoms with Crippen LogP contribution in [0.5, 0.6) is 5.75 Å². The van der Waals surface area contributed by atoms with Crippen molar-refractivity contribution in [2.45, 2.75) is 44.1 Å². The minimum Gasteiger partial charge on any atom is -0.497 e. The molecule has 0 aliphatic carbocycles. The van der Waals surface area contributed by atoms with E-state index in [4.69, 9.17) is 4.74 Å². The van der Waals surface area contributed by atoms with E-state index in [9.17, 15) is 13.6 Å². The fraction of sp³-hybridized carbons (Fsp3) is 0.423. The number of urea groups is 1. The molecule has 2 aliphatic heterocycles. The summed E-state index contributed by atoms with van der Waals surface area (Å²) in [6.07, 6.45) is 4.48. The number of methoxy groups -OCH3 is 1. The molecule has 0 radical (unpaired) electrons. The van der Waals surface area contributed by atoms with Crippen LogP contribution in [-0.4, -0.2) is 47.5 Å². The first-order chi connectivity index (χ1) is 17.4. The number of rotatable bonds is 5. The highest BCUT2D eigenvalue weighted by Gasteiger charge is 2.37. The van der Waals surface area contributed by atoms with Crippen LogP contribution in [0.25, 0.3) is 11.1 Å². The van der Waals surface area contributed by atoms with E-state index in [0.717, 1.165) is 42.6 Å². The Morgan fingerprint density at radius 3 is 2.78 bits per heavy atom. The van der Waals surface area contributed by atoms with Crippen molar-refractivity contribution in [2.75, 3.05) is 30.9 Å². The summed E-state index contributed by atoms with van der Waals surface area (Å²) in [7, 11) is 4.90. The van der Waals surface area contributed by atoms with Crippen LogP contribution in [0.15, 0.2) is 36.7 Å². The van der Waals surface area contributed by atoms with E-state index in [1.54, 1.807) is 50.4 Å². The number of alkyl halides is 2. The van der Waals surface area contributed by atoms with E-state index >= 15 is 0 Å². The highest BCUT2D eigenvalue weighted by molar-refractivity contribution is 5.88. The van der Waals surface area contributed by atoms with Gasteiger partial charge in [-0.1, -0.05) is 0 Å². The molecule has 2 N–H and O–H groups in total. The number of hydrogen-bond donors (Lipinski definition) is 2. The average molecular weight is 497 g/mol. The lowest BCUT2D eigenvalue weighted by atomic mass is 9.95. The summed E-state index contributed by atoms with van der Waals surface area (Å²) in [5.41, 5.74) is 4.06. The number of aromatic nitrogens is 3. The molecule has 1 fully saturated rings. The van der Waals surface area contributed by atoms with Crippen LogP contribution < -0.4 is 20.3 Å². The van der Waals surface area contributed by atoms with Crippen LogP contribution in [0.1, 0.15) is 48.4 Å². The lowest BCUT2D eigenvalue weighted by Gasteiger charge is -2.27. The normalized spacial score (nSPS) is 19.0. The molecule has 8 nitrogen and oxygen atoms in total. The van der Waals surface area contributed by atoms with Crippen molar-refractivity contribution < 1.29 is 18.3 Å². The molecule has 1 aromatic carbocycles. The second kappa shape index (κ2) is 9.75. The number of pyridine rings is 1. The maximum Gasteiger partial charge on any atom is 0.320 e. The number of aryl methyl sites for hydroxylation is 2. The number of anilines is 2. The van der Waals surface area contributed by atoms with E-state index in [-0.39, 0.29) is 23.6 Å². The standard InChI is InChI=1S/C26H30F2N6O2/c1-29-26(35)32-24-10-19(36-3)9-22(31-24)16-7-18-6-4-5-15-8-20(17-12-30-33(2)13-17)21(25(27)28)11-23(15)34(18)14-16/h8-13,16,18,25H,4-7,14H2,1-3H3,(H2,29,31,32,35). The van der Waals surface area contributed by atoms with Crippen LogP contribution >= 0.6 is 0 Å². The van der Waals surface area contributed by atoms with Gasteiger partial charge in [0.2, 0.25) is 0 Å². The Balaban J connectivity index is 1.50. The van der Waals surface area contributed by atoms with Crippen LogP contribution in [0, 0.1) is 0 Å². The molecule has 3 aromatic rings. The molecule has 2 atom stereocenters. The Labute approximate surface area is 208 Å². The van der Waals surface area contributed by atoms with Gasteiger partial charge >= 0.3 is 6.03 Å². The highest BCUT2D eigenvalue weighted by Crippen LogP contribution is 2.44. The number of fused-ring (bicyclic) bond motifs is 3. The third-order valence-electron chi connectivity index (χ3n) is 7.15. The van der Waals surface area contributed by atoms with E-state index in [1.165, 1.54) is 0 Å². The molecule has 0 spiro atoms. The molecule has 2 unspecified atom stereocenters. The van der Waals surface area contributed by atoms with Crippen molar-refractivity contribution >= 4 is 17.5 Å². The molecule has 2 aliphatic rings. The molecule has 5 rings (SSSR count). The van der Waals surface area contributed by atoms with Crippen LogP contribution in [0.2, 0.25) is 0 Å². The van der Waals surface area contributed by atoms with Gasteiger partial charge in [0.15, 0.2) is 0 Å². The Hall–Kier alpha value is -3.69. The third-order valence-corrected chi connectivity index (χ3v) is 7.15. The maximum atomic E-state index is 14.2. The molecule has 1 saturated heterocycles. The minimum atomic E-state index is -2.59. The quantitative estimate of drug-likeness (QED) is 0.526. The number of ether oxygens (including phenoxy) is 1. The Bertz CT molecular complexity index is 1280. The molecule has 4 heterocycles. The lowest BCUT2D eigenvalue weighted by molar-refractivity contribution is 0.152. The average Bonchev–Trinajstić information content (AvgIpc) is 3.46. The van der Waals surface area contributed by atoms with E-state index in [2.05, 4.69) is 25.6 Å². The van der Waals surface area contributed by atoms with Gasteiger partial charge in [-0.3, -0.25) is 10.00 Å². The summed E-state index contributed by atoms with van der Waals surface area (Å²) in [5.74, 6) is 1.09. The van der Waals surface area contributed by atoms with E-state index in [1.807, 2.05) is 12.1 Å². The number of benzene rings is 1. The van der Waals surface area contributed by atoms with Crippen LogP contribution in [0.4, 0.5) is 25.1 Å². The van der Waals surface area contributed by atoms with Crippen LogP contribution in [-0.2, 0) is 13.5 Å². The zero-order chi connectivity index (χ0) is 25.4. The molecule has 10 heteroatoms. The largest absolute Gasteiger partial charge is 0.497 e. The Morgan fingerprint density at radius 1 is 1.25 bits per heavy atom. The Morgan fingerprint density at radius 2 is 2.08 bits per heavy atom. The van der Waals surface area contributed by atoms with Gasteiger partial charge in [0, 0.05) is 67.7 Å². The number of nitrogens with zero attached hydrogens (tertiary/aromatic N) is 4. The fourth-order valence-corrected chi connectivity index (χ4v) is 5.43. The van der Waals surface area contributed by atoms with E-state index in [0.29, 0.717) is 29.2 Å². The third kappa shape index (κ3) is 4.59. The van der Waals surface area contributed by atoms with E-state index < -0.39 is 6.43 Å². The summed E-state index contributed by atoms with van der Waals surface area (Å²) >= 11 is 0. The van der Waals surface area contributed by atoms with Crippen molar-refractivity contribution in [1.29, 1.82) is 0 Å². The number of amides is 2. The predicted molar refractivity (Wildman–Crippen MR) is 134 cm³/mol.